The van der Waals surface area contributed by atoms with Crippen LogP contribution in [0.2, 0.25) is 0 Å². The Bertz CT molecular complexity index is 412. The fourth-order valence-corrected chi connectivity index (χ4v) is 3.51. The molecule has 0 aliphatic carbocycles. The zero-order valence-electron chi connectivity index (χ0n) is 12.8. The van der Waals surface area contributed by atoms with Crippen molar-refractivity contribution in [2.75, 3.05) is 13.2 Å². The summed E-state index contributed by atoms with van der Waals surface area (Å²) in [5, 5.41) is 3.41. The van der Waals surface area contributed by atoms with Gasteiger partial charge in [-0.15, -0.1) is 6.58 Å². The molecule has 2 nitrogen and oxygen atoms in total. The Morgan fingerprint density at radius 1 is 1.19 bits per heavy atom. The lowest BCUT2D eigenvalue weighted by Crippen LogP contribution is -2.13. The number of unbranched alkanes of at least 4 members (excludes halogenated alkanes) is 3. The molecule has 0 saturated carbocycles. The predicted molar refractivity (Wildman–Crippen MR) is 98.0 cm³/mol. The summed E-state index contributed by atoms with van der Waals surface area (Å²) in [7, 11) is 0. The third-order valence-corrected chi connectivity index (χ3v) is 4.29. The third kappa shape index (κ3) is 7.48. The van der Waals surface area contributed by atoms with Crippen LogP contribution in [-0.2, 0) is 6.54 Å². The third-order valence-electron chi connectivity index (χ3n) is 3.11. The van der Waals surface area contributed by atoms with Crippen LogP contribution in [0.15, 0.2) is 33.7 Å². The summed E-state index contributed by atoms with van der Waals surface area (Å²) in [6, 6.07) is 4.25. The highest BCUT2D eigenvalue weighted by atomic mass is 79.9. The van der Waals surface area contributed by atoms with Gasteiger partial charge in [-0.25, -0.2) is 0 Å². The van der Waals surface area contributed by atoms with Crippen LogP contribution in [0.4, 0.5) is 0 Å². The highest BCUT2D eigenvalue weighted by Gasteiger charge is 2.09. The van der Waals surface area contributed by atoms with Gasteiger partial charge in [0.15, 0.2) is 0 Å². The number of hydrogen-bond donors (Lipinski definition) is 1. The molecule has 0 aliphatic heterocycles. The van der Waals surface area contributed by atoms with Gasteiger partial charge in [-0.05, 0) is 88.2 Å². The molecule has 1 aromatic carbocycles. The lowest BCUT2D eigenvalue weighted by Gasteiger charge is -2.12. The van der Waals surface area contributed by atoms with Crippen molar-refractivity contribution < 1.29 is 4.74 Å². The number of rotatable bonds is 11. The molecule has 1 N–H and O–H groups in total. The molecule has 118 valence electrons. The van der Waals surface area contributed by atoms with E-state index in [4.69, 9.17) is 4.74 Å². The van der Waals surface area contributed by atoms with Gasteiger partial charge in [-0.2, -0.15) is 0 Å². The number of ether oxygens (including phenoxy) is 1. The van der Waals surface area contributed by atoms with Crippen molar-refractivity contribution in [1.82, 2.24) is 5.32 Å². The molecule has 0 atom stereocenters. The van der Waals surface area contributed by atoms with Gasteiger partial charge in [-0.3, -0.25) is 0 Å². The van der Waals surface area contributed by atoms with E-state index in [0.29, 0.717) is 0 Å². The summed E-state index contributed by atoms with van der Waals surface area (Å²) in [5.74, 6) is 0.901. The van der Waals surface area contributed by atoms with Crippen molar-refractivity contribution in [2.24, 2.45) is 0 Å². The number of nitrogens with one attached hydrogen (secondary N) is 1. The van der Waals surface area contributed by atoms with E-state index in [1.807, 2.05) is 6.08 Å². The highest BCUT2D eigenvalue weighted by Crippen LogP contribution is 2.35. The molecule has 0 fully saturated rings. The molecule has 0 saturated heterocycles. The first-order chi connectivity index (χ1) is 10.2. The minimum Gasteiger partial charge on any atom is -0.491 e. The Morgan fingerprint density at radius 2 is 1.90 bits per heavy atom. The van der Waals surface area contributed by atoms with Crippen LogP contribution in [0.1, 0.15) is 44.6 Å². The summed E-state index contributed by atoms with van der Waals surface area (Å²) >= 11 is 7.21. The fraction of sp³-hybridized carbons (Fsp3) is 0.529. The van der Waals surface area contributed by atoms with Crippen molar-refractivity contribution >= 4 is 31.9 Å². The first kappa shape index (κ1) is 18.7. The van der Waals surface area contributed by atoms with E-state index in [0.717, 1.165) is 53.7 Å². The molecule has 0 aliphatic rings. The second kappa shape index (κ2) is 11.3. The van der Waals surface area contributed by atoms with Gasteiger partial charge >= 0.3 is 0 Å². The molecular formula is C17H25Br2NO. The van der Waals surface area contributed by atoms with Crippen LogP contribution in [0, 0.1) is 0 Å². The Kier molecular flexibility index (Phi) is 10.1. The quantitative estimate of drug-likeness (QED) is 0.360. The van der Waals surface area contributed by atoms with E-state index in [1.54, 1.807) is 0 Å². The Balaban J connectivity index is 2.45. The Hall–Kier alpha value is -0.320. The fourth-order valence-electron chi connectivity index (χ4n) is 2.00. The van der Waals surface area contributed by atoms with E-state index in [2.05, 4.69) is 62.8 Å². The zero-order chi connectivity index (χ0) is 15.5. The summed E-state index contributed by atoms with van der Waals surface area (Å²) in [6.07, 6.45) is 7.66. The lowest BCUT2D eigenvalue weighted by molar-refractivity contribution is 0.302. The minimum atomic E-state index is 0.752. The maximum absolute atomic E-state index is 5.89. The number of hydrogen-bond acceptors (Lipinski definition) is 2. The van der Waals surface area contributed by atoms with Gasteiger partial charge in [-0.1, -0.05) is 13.0 Å². The van der Waals surface area contributed by atoms with Crippen LogP contribution >= 0.6 is 31.9 Å². The molecule has 0 aromatic heterocycles. The first-order valence-electron chi connectivity index (χ1n) is 7.61. The molecule has 1 aromatic rings. The summed E-state index contributed by atoms with van der Waals surface area (Å²) in [6.45, 7) is 8.58. The lowest BCUT2D eigenvalue weighted by atomic mass is 10.2. The number of benzene rings is 1. The second-order valence-electron chi connectivity index (χ2n) is 5.05. The van der Waals surface area contributed by atoms with Gasteiger partial charge in [0.05, 0.1) is 15.6 Å². The topological polar surface area (TPSA) is 21.3 Å². The van der Waals surface area contributed by atoms with Gasteiger partial charge in [0.1, 0.15) is 5.75 Å². The molecule has 21 heavy (non-hydrogen) atoms. The smallest absolute Gasteiger partial charge is 0.147 e. The van der Waals surface area contributed by atoms with Crippen LogP contribution in [0.25, 0.3) is 0 Å². The van der Waals surface area contributed by atoms with Gasteiger partial charge in [0, 0.05) is 6.54 Å². The molecule has 4 heteroatoms. The molecule has 1 rings (SSSR count). The average Bonchev–Trinajstić information content (AvgIpc) is 2.45. The number of allylic oxidation sites excluding steroid dienone is 1. The maximum Gasteiger partial charge on any atom is 0.147 e. The highest BCUT2D eigenvalue weighted by molar-refractivity contribution is 9.11. The van der Waals surface area contributed by atoms with E-state index in [9.17, 15) is 0 Å². The molecule has 0 amide bonds. The van der Waals surface area contributed by atoms with Crippen LogP contribution < -0.4 is 10.1 Å². The van der Waals surface area contributed by atoms with E-state index < -0.39 is 0 Å². The largest absolute Gasteiger partial charge is 0.491 e. The predicted octanol–water partition coefficient (Wildman–Crippen LogP) is 5.84. The molecule has 0 heterocycles. The van der Waals surface area contributed by atoms with E-state index in [1.165, 1.54) is 18.4 Å². The Labute approximate surface area is 145 Å². The maximum atomic E-state index is 5.89. The second-order valence-corrected chi connectivity index (χ2v) is 6.76. The summed E-state index contributed by atoms with van der Waals surface area (Å²) in [5.41, 5.74) is 1.25. The molecule has 0 radical (unpaired) electrons. The standard InChI is InChI=1S/C17H25Br2NO/c1-3-5-6-7-8-10-21-17-15(18)11-14(12-16(17)19)13-20-9-4-2/h3,11-12,20H,1,4-10,13H2,2H3. The normalized spacial score (nSPS) is 10.6. The zero-order valence-corrected chi connectivity index (χ0v) is 15.9. The van der Waals surface area contributed by atoms with Gasteiger partial charge in [0.25, 0.3) is 0 Å². The molecule has 0 bridgehead atoms. The molecule has 0 unspecified atom stereocenters. The van der Waals surface area contributed by atoms with E-state index in [-0.39, 0.29) is 0 Å². The van der Waals surface area contributed by atoms with Crippen LogP contribution in [0.5, 0.6) is 5.75 Å². The summed E-state index contributed by atoms with van der Waals surface area (Å²) in [4.78, 5) is 0. The van der Waals surface area contributed by atoms with Crippen molar-refractivity contribution in [2.45, 2.75) is 45.6 Å². The minimum absolute atomic E-state index is 0.752. The van der Waals surface area contributed by atoms with Crippen molar-refractivity contribution in [1.29, 1.82) is 0 Å². The molecular weight excluding hydrogens is 394 g/mol. The van der Waals surface area contributed by atoms with Crippen molar-refractivity contribution in [3.05, 3.63) is 39.3 Å². The van der Waals surface area contributed by atoms with Crippen molar-refractivity contribution in [3.8, 4) is 5.75 Å². The monoisotopic (exact) mass is 417 g/mol. The first-order valence-corrected chi connectivity index (χ1v) is 9.20. The SMILES string of the molecule is C=CCCCCCOc1c(Br)cc(CNCCC)cc1Br. The average molecular weight is 419 g/mol. The van der Waals surface area contributed by atoms with Gasteiger partial charge < -0.3 is 10.1 Å². The van der Waals surface area contributed by atoms with Crippen LogP contribution in [-0.4, -0.2) is 13.2 Å². The Morgan fingerprint density at radius 3 is 2.52 bits per heavy atom. The van der Waals surface area contributed by atoms with Crippen molar-refractivity contribution in [3.63, 3.8) is 0 Å². The van der Waals surface area contributed by atoms with Crippen LogP contribution in [0.3, 0.4) is 0 Å². The van der Waals surface area contributed by atoms with E-state index >= 15 is 0 Å². The molecule has 0 spiro atoms. The summed E-state index contributed by atoms with van der Waals surface area (Å²) < 4.78 is 7.91. The van der Waals surface area contributed by atoms with Gasteiger partial charge in [0.2, 0.25) is 0 Å². The number of halogens is 2.